The number of hydrogen-bond acceptors (Lipinski definition) is 5. The summed E-state index contributed by atoms with van der Waals surface area (Å²) in [6.45, 7) is 2.88. The molecule has 0 amide bonds. The fourth-order valence-electron chi connectivity index (χ4n) is 3.85. The van der Waals surface area contributed by atoms with Gasteiger partial charge in [0.25, 0.3) is 0 Å². The number of nitrogens with zero attached hydrogens (tertiary/aromatic N) is 5. The van der Waals surface area contributed by atoms with Gasteiger partial charge in [-0.1, -0.05) is 24.3 Å². The lowest BCUT2D eigenvalue weighted by Gasteiger charge is -2.03. The number of pyridine rings is 1. The van der Waals surface area contributed by atoms with Crippen LogP contribution in [0.5, 0.6) is 0 Å². The maximum absolute atomic E-state index is 6.08. The summed E-state index contributed by atoms with van der Waals surface area (Å²) in [6.07, 6.45) is 4.42. The molecule has 0 aliphatic carbocycles. The van der Waals surface area contributed by atoms with Crippen LogP contribution in [0.15, 0.2) is 70.3 Å². The summed E-state index contributed by atoms with van der Waals surface area (Å²) in [4.78, 5) is 13.9. The van der Waals surface area contributed by atoms with Crippen molar-refractivity contribution in [3.8, 4) is 11.1 Å². The Hall–Kier alpha value is -3.80. The van der Waals surface area contributed by atoms with E-state index in [2.05, 4.69) is 45.2 Å². The SMILES string of the molecule is CCn1ncc2ncc(-c3ccc4nc(C5=Nc6ccccc6C5)oc4c3)cc21. The minimum Gasteiger partial charge on any atom is -0.435 e. The van der Waals surface area contributed by atoms with Crippen LogP contribution < -0.4 is 0 Å². The van der Waals surface area contributed by atoms with Crippen LogP contribution in [-0.4, -0.2) is 25.5 Å². The summed E-state index contributed by atoms with van der Waals surface area (Å²) in [7, 11) is 0. The van der Waals surface area contributed by atoms with Crippen molar-refractivity contribution in [3.63, 3.8) is 0 Å². The molecule has 2 aromatic carbocycles. The predicted molar refractivity (Wildman–Crippen MR) is 113 cm³/mol. The first kappa shape index (κ1) is 16.2. The quantitative estimate of drug-likeness (QED) is 0.445. The highest BCUT2D eigenvalue weighted by Gasteiger charge is 2.20. The van der Waals surface area contributed by atoms with Gasteiger partial charge in [-0.05, 0) is 42.3 Å². The molecule has 6 rings (SSSR count). The van der Waals surface area contributed by atoms with E-state index in [4.69, 9.17) is 4.42 Å². The number of aromatic nitrogens is 4. The van der Waals surface area contributed by atoms with Crippen molar-refractivity contribution in [1.82, 2.24) is 19.7 Å². The lowest BCUT2D eigenvalue weighted by Crippen LogP contribution is -2.00. The Morgan fingerprint density at radius 2 is 1.93 bits per heavy atom. The fraction of sp³-hybridized carbons (Fsp3) is 0.130. The van der Waals surface area contributed by atoms with Crippen LogP contribution in [0, 0.1) is 0 Å². The largest absolute Gasteiger partial charge is 0.435 e. The number of aliphatic imine (C=N–C) groups is 1. The number of aryl methyl sites for hydroxylation is 1. The number of fused-ring (bicyclic) bond motifs is 3. The average Bonchev–Trinajstić information content (AvgIpc) is 3.47. The molecular weight excluding hydrogens is 362 g/mol. The monoisotopic (exact) mass is 379 g/mol. The lowest BCUT2D eigenvalue weighted by molar-refractivity contribution is 0.589. The summed E-state index contributed by atoms with van der Waals surface area (Å²) in [5.41, 5.74) is 8.65. The standard InChI is InChI=1S/C23H17N5O/c1-2-28-21-10-16(12-24-20(21)13-25-28)14-7-8-18-22(11-14)29-23(27-18)19-9-15-5-3-4-6-17(15)26-19/h3-8,10-13H,2,9H2,1H3. The van der Waals surface area contributed by atoms with Crippen LogP contribution in [0.3, 0.4) is 0 Å². The second-order valence-corrected chi connectivity index (χ2v) is 7.15. The van der Waals surface area contributed by atoms with Gasteiger partial charge in [-0.25, -0.2) is 9.98 Å². The highest BCUT2D eigenvalue weighted by Crippen LogP contribution is 2.31. The molecule has 6 heteroatoms. The Bertz CT molecular complexity index is 1430. The van der Waals surface area contributed by atoms with Crippen LogP contribution >= 0.6 is 0 Å². The first-order valence-corrected chi connectivity index (χ1v) is 9.67. The topological polar surface area (TPSA) is 69.1 Å². The molecule has 0 saturated heterocycles. The minimum atomic E-state index is 0.589. The molecule has 0 unspecified atom stereocenters. The third kappa shape index (κ3) is 2.56. The molecule has 1 aliphatic rings. The molecule has 0 radical (unpaired) electrons. The van der Waals surface area contributed by atoms with Gasteiger partial charge in [-0.3, -0.25) is 9.67 Å². The maximum atomic E-state index is 6.08. The van der Waals surface area contributed by atoms with Crippen molar-refractivity contribution >= 4 is 33.5 Å². The molecule has 29 heavy (non-hydrogen) atoms. The number of benzene rings is 2. The molecule has 0 N–H and O–H groups in total. The van der Waals surface area contributed by atoms with Gasteiger partial charge >= 0.3 is 0 Å². The van der Waals surface area contributed by atoms with E-state index >= 15 is 0 Å². The summed E-state index contributed by atoms with van der Waals surface area (Å²) in [5.74, 6) is 0.589. The molecule has 1 aliphatic heterocycles. The first-order valence-electron chi connectivity index (χ1n) is 9.67. The molecule has 0 saturated carbocycles. The summed E-state index contributed by atoms with van der Waals surface area (Å²) in [6, 6.07) is 16.3. The lowest BCUT2D eigenvalue weighted by atomic mass is 10.1. The Balaban J connectivity index is 1.40. The molecule has 140 valence electrons. The minimum absolute atomic E-state index is 0.589. The van der Waals surface area contributed by atoms with Gasteiger partial charge < -0.3 is 4.42 Å². The number of para-hydroxylation sites is 1. The summed E-state index contributed by atoms with van der Waals surface area (Å²) >= 11 is 0. The third-order valence-corrected chi connectivity index (χ3v) is 5.37. The smallest absolute Gasteiger partial charge is 0.242 e. The van der Waals surface area contributed by atoms with E-state index in [9.17, 15) is 0 Å². The van der Waals surface area contributed by atoms with Crippen LogP contribution in [0.4, 0.5) is 5.69 Å². The van der Waals surface area contributed by atoms with E-state index in [1.165, 1.54) is 5.56 Å². The summed E-state index contributed by atoms with van der Waals surface area (Å²) in [5, 5.41) is 4.38. The van der Waals surface area contributed by atoms with E-state index in [0.717, 1.165) is 57.6 Å². The van der Waals surface area contributed by atoms with E-state index in [1.807, 2.05) is 41.2 Å². The van der Waals surface area contributed by atoms with Crippen molar-refractivity contribution in [2.75, 3.05) is 0 Å². The van der Waals surface area contributed by atoms with Crippen molar-refractivity contribution in [2.45, 2.75) is 19.9 Å². The Kier molecular flexibility index (Phi) is 3.41. The molecule has 0 bridgehead atoms. The van der Waals surface area contributed by atoms with Crippen molar-refractivity contribution in [3.05, 3.63) is 72.4 Å². The first-order chi connectivity index (χ1) is 14.3. The fourth-order valence-corrected chi connectivity index (χ4v) is 3.85. The molecule has 5 aromatic rings. The average molecular weight is 379 g/mol. The zero-order valence-corrected chi connectivity index (χ0v) is 15.8. The molecule has 0 spiro atoms. The second-order valence-electron chi connectivity index (χ2n) is 7.15. The van der Waals surface area contributed by atoms with Crippen molar-refractivity contribution in [2.24, 2.45) is 4.99 Å². The van der Waals surface area contributed by atoms with Gasteiger partial charge in [0.2, 0.25) is 5.89 Å². The van der Waals surface area contributed by atoms with Gasteiger partial charge in [-0.2, -0.15) is 5.10 Å². The van der Waals surface area contributed by atoms with Crippen LogP contribution in [0.2, 0.25) is 0 Å². The van der Waals surface area contributed by atoms with Gasteiger partial charge in [0.15, 0.2) is 5.58 Å². The van der Waals surface area contributed by atoms with E-state index in [1.54, 1.807) is 6.20 Å². The van der Waals surface area contributed by atoms with Crippen molar-refractivity contribution in [1.29, 1.82) is 0 Å². The summed E-state index contributed by atoms with van der Waals surface area (Å²) < 4.78 is 8.03. The third-order valence-electron chi connectivity index (χ3n) is 5.37. The normalized spacial score (nSPS) is 13.2. The molecule has 0 fully saturated rings. The van der Waals surface area contributed by atoms with Crippen molar-refractivity contribution < 1.29 is 4.42 Å². The maximum Gasteiger partial charge on any atom is 0.242 e. The van der Waals surface area contributed by atoms with Gasteiger partial charge in [0.1, 0.15) is 16.7 Å². The van der Waals surface area contributed by atoms with Gasteiger partial charge in [-0.15, -0.1) is 0 Å². The second kappa shape index (κ2) is 6.10. The Labute approximate surface area is 166 Å². The molecule has 0 atom stereocenters. The highest BCUT2D eigenvalue weighted by atomic mass is 16.3. The Morgan fingerprint density at radius 1 is 1.00 bits per heavy atom. The zero-order valence-electron chi connectivity index (χ0n) is 15.8. The molecule has 3 aromatic heterocycles. The highest BCUT2D eigenvalue weighted by molar-refractivity contribution is 6.04. The van der Waals surface area contributed by atoms with E-state index in [-0.39, 0.29) is 0 Å². The Morgan fingerprint density at radius 3 is 2.83 bits per heavy atom. The van der Waals surface area contributed by atoms with Crippen LogP contribution in [-0.2, 0) is 13.0 Å². The predicted octanol–water partition coefficient (Wildman–Crippen LogP) is 4.94. The van der Waals surface area contributed by atoms with E-state index < -0.39 is 0 Å². The number of oxazole rings is 1. The molecule has 4 heterocycles. The molecule has 6 nitrogen and oxygen atoms in total. The number of hydrogen-bond donors (Lipinski definition) is 0. The van der Waals surface area contributed by atoms with Crippen LogP contribution in [0.1, 0.15) is 18.4 Å². The zero-order chi connectivity index (χ0) is 19.4. The van der Waals surface area contributed by atoms with E-state index in [0.29, 0.717) is 5.89 Å². The number of rotatable bonds is 3. The van der Waals surface area contributed by atoms with Gasteiger partial charge in [0.05, 0.1) is 17.4 Å². The van der Waals surface area contributed by atoms with Gasteiger partial charge in [0, 0.05) is 24.7 Å². The molecular formula is C23H17N5O. The van der Waals surface area contributed by atoms with Crippen LogP contribution in [0.25, 0.3) is 33.3 Å².